The highest BCUT2D eigenvalue weighted by atomic mass is 35.5. The third-order valence-corrected chi connectivity index (χ3v) is 3.49. The van der Waals surface area contributed by atoms with Gasteiger partial charge in [0.25, 0.3) is 0 Å². The summed E-state index contributed by atoms with van der Waals surface area (Å²) < 4.78 is 0. The summed E-state index contributed by atoms with van der Waals surface area (Å²) in [6.45, 7) is 11.4. The van der Waals surface area contributed by atoms with Gasteiger partial charge in [-0.15, -0.1) is 0 Å². The summed E-state index contributed by atoms with van der Waals surface area (Å²) in [5.41, 5.74) is 0.975. The molecule has 5 heteroatoms. The van der Waals surface area contributed by atoms with Gasteiger partial charge in [0.2, 0.25) is 0 Å². The summed E-state index contributed by atoms with van der Waals surface area (Å²) in [7, 11) is 4.18. The highest BCUT2D eigenvalue weighted by Crippen LogP contribution is 2.24. The smallest absolute Gasteiger partial charge is 0.137 e. The van der Waals surface area contributed by atoms with Crippen LogP contribution < -0.4 is 4.90 Å². The van der Waals surface area contributed by atoms with Crippen LogP contribution in [0.1, 0.15) is 32.2 Å². The molecule has 20 heavy (non-hydrogen) atoms. The van der Waals surface area contributed by atoms with Crippen molar-refractivity contribution >= 4 is 17.4 Å². The van der Waals surface area contributed by atoms with Crippen LogP contribution in [0.4, 0.5) is 5.82 Å². The van der Waals surface area contributed by atoms with Gasteiger partial charge in [0.15, 0.2) is 0 Å². The molecular weight excluding hydrogens is 272 g/mol. The van der Waals surface area contributed by atoms with E-state index in [9.17, 15) is 0 Å². The molecule has 0 spiro atoms. The number of anilines is 1. The first-order chi connectivity index (χ1) is 9.35. The standard InChI is InChI=1S/C15H27ClN4/c1-7-13-17-14(16)12(4)15(18-13)20(10-11(2)3)9-8-19(5)6/h11H,7-10H2,1-6H3. The molecule has 1 heterocycles. The molecule has 0 aliphatic carbocycles. The van der Waals surface area contributed by atoms with Crippen molar-refractivity contribution in [1.29, 1.82) is 0 Å². The predicted molar refractivity (Wildman–Crippen MR) is 86.8 cm³/mol. The lowest BCUT2D eigenvalue weighted by Crippen LogP contribution is -2.35. The topological polar surface area (TPSA) is 32.3 Å². The Balaban J connectivity index is 3.07. The Morgan fingerprint density at radius 1 is 1.15 bits per heavy atom. The number of hydrogen-bond donors (Lipinski definition) is 0. The van der Waals surface area contributed by atoms with Gasteiger partial charge < -0.3 is 9.80 Å². The van der Waals surface area contributed by atoms with Gasteiger partial charge in [-0.05, 0) is 26.9 Å². The van der Waals surface area contributed by atoms with Gasteiger partial charge >= 0.3 is 0 Å². The molecule has 0 N–H and O–H groups in total. The molecule has 4 nitrogen and oxygen atoms in total. The zero-order valence-electron chi connectivity index (χ0n) is 13.6. The lowest BCUT2D eigenvalue weighted by molar-refractivity contribution is 0.408. The number of aryl methyl sites for hydroxylation is 1. The monoisotopic (exact) mass is 298 g/mol. The molecule has 0 fully saturated rings. The van der Waals surface area contributed by atoms with E-state index in [1.54, 1.807) is 0 Å². The fourth-order valence-corrected chi connectivity index (χ4v) is 2.21. The minimum absolute atomic E-state index is 0.574. The van der Waals surface area contributed by atoms with Crippen LogP contribution in [0, 0.1) is 12.8 Å². The maximum absolute atomic E-state index is 6.25. The van der Waals surface area contributed by atoms with E-state index in [0.717, 1.165) is 43.3 Å². The Morgan fingerprint density at radius 2 is 1.80 bits per heavy atom. The highest BCUT2D eigenvalue weighted by Gasteiger charge is 2.16. The zero-order valence-corrected chi connectivity index (χ0v) is 14.3. The quantitative estimate of drug-likeness (QED) is 0.724. The fourth-order valence-electron chi connectivity index (χ4n) is 2.03. The van der Waals surface area contributed by atoms with E-state index in [-0.39, 0.29) is 0 Å². The molecule has 0 amide bonds. The minimum Gasteiger partial charge on any atom is -0.355 e. The molecule has 0 bridgehead atoms. The van der Waals surface area contributed by atoms with Crippen molar-refractivity contribution in [3.05, 3.63) is 16.5 Å². The molecule has 1 aromatic heterocycles. The van der Waals surface area contributed by atoms with Crippen LogP contribution in [-0.2, 0) is 6.42 Å². The lowest BCUT2D eigenvalue weighted by Gasteiger charge is -2.28. The number of rotatable bonds is 7. The van der Waals surface area contributed by atoms with E-state index in [0.29, 0.717) is 11.1 Å². The second kappa shape index (κ2) is 7.79. The first kappa shape index (κ1) is 17.2. The number of aromatic nitrogens is 2. The van der Waals surface area contributed by atoms with Crippen molar-refractivity contribution < 1.29 is 0 Å². The Kier molecular flexibility index (Phi) is 6.69. The maximum Gasteiger partial charge on any atom is 0.137 e. The van der Waals surface area contributed by atoms with Gasteiger partial charge in [-0.25, -0.2) is 9.97 Å². The summed E-state index contributed by atoms with van der Waals surface area (Å²) in [6, 6.07) is 0. The van der Waals surface area contributed by atoms with Crippen molar-refractivity contribution in [2.75, 3.05) is 38.6 Å². The molecule has 0 saturated heterocycles. The minimum atomic E-state index is 0.574. The molecule has 0 aliphatic rings. The van der Waals surface area contributed by atoms with Crippen molar-refractivity contribution in [3.8, 4) is 0 Å². The summed E-state index contributed by atoms with van der Waals surface area (Å²) in [5, 5.41) is 0.574. The van der Waals surface area contributed by atoms with Crippen molar-refractivity contribution in [2.24, 2.45) is 5.92 Å². The molecule has 1 aromatic rings. The average Bonchev–Trinajstić information content (AvgIpc) is 2.37. The molecule has 114 valence electrons. The molecule has 0 aliphatic heterocycles. The molecule has 1 rings (SSSR count). The number of likely N-dealkylation sites (N-methyl/N-ethyl adjacent to an activating group) is 1. The van der Waals surface area contributed by atoms with Crippen LogP contribution in [0.25, 0.3) is 0 Å². The molecule has 0 saturated carbocycles. The molecule has 0 atom stereocenters. The van der Waals surface area contributed by atoms with Gasteiger partial charge in [0.1, 0.15) is 16.8 Å². The molecular formula is C15H27ClN4. The van der Waals surface area contributed by atoms with E-state index < -0.39 is 0 Å². The average molecular weight is 299 g/mol. The molecule has 0 unspecified atom stereocenters. The van der Waals surface area contributed by atoms with E-state index in [4.69, 9.17) is 16.6 Å². The molecule has 0 aromatic carbocycles. The normalized spacial score (nSPS) is 11.4. The van der Waals surface area contributed by atoms with Gasteiger partial charge in [0, 0.05) is 31.6 Å². The Hall–Kier alpha value is -0.870. The lowest BCUT2D eigenvalue weighted by atomic mass is 10.2. The van der Waals surface area contributed by atoms with Crippen molar-refractivity contribution in [3.63, 3.8) is 0 Å². The number of hydrogen-bond acceptors (Lipinski definition) is 4. The van der Waals surface area contributed by atoms with E-state index >= 15 is 0 Å². The van der Waals surface area contributed by atoms with Gasteiger partial charge in [-0.3, -0.25) is 0 Å². The van der Waals surface area contributed by atoms with Gasteiger partial charge in [0.05, 0.1) is 0 Å². The number of nitrogens with zero attached hydrogens (tertiary/aromatic N) is 4. The van der Waals surface area contributed by atoms with Crippen molar-refractivity contribution in [1.82, 2.24) is 14.9 Å². The van der Waals surface area contributed by atoms with Gasteiger partial charge in [-0.2, -0.15) is 0 Å². The van der Waals surface area contributed by atoms with E-state index in [2.05, 4.69) is 49.7 Å². The second-order valence-corrected chi connectivity index (χ2v) is 6.23. The Morgan fingerprint density at radius 3 is 2.30 bits per heavy atom. The van der Waals surface area contributed by atoms with Crippen molar-refractivity contribution in [2.45, 2.75) is 34.1 Å². The van der Waals surface area contributed by atoms with Crippen LogP contribution in [0.5, 0.6) is 0 Å². The second-order valence-electron chi connectivity index (χ2n) is 5.88. The third kappa shape index (κ3) is 4.91. The van der Waals surface area contributed by atoms with E-state index in [1.807, 2.05) is 6.92 Å². The first-order valence-corrected chi connectivity index (χ1v) is 7.65. The zero-order chi connectivity index (χ0) is 15.3. The fraction of sp³-hybridized carbons (Fsp3) is 0.733. The maximum atomic E-state index is 6.25. The van der Waals surface area contributed by atoms with Crippen LogP contribution in [0.15, 0.2) is 0 Å². The molecule has 0 radical (unpaired) electrons. The summed E-state index contributed by atoms with van der Waals surface area (Å²) in [5.74, 6) is 2.38. The summed E-state index contributed by atoms with van der Waals surface area (Å²) in [6.07, 6.45) is 0.802. The summed E-state index contributed by atoms with van der Waals surface area (Å²) in [4.78, 5) is 13.5. The van der Waals surface area contributed by atoms with Crippen LogP contribution in [0.3, 0.4) is 0 Å². The van der Waals surface area contributed by atoms with Gasteiger partial charge in [-0.1, -0.05) is 32.4 Å². The number of halogens is 1. The van der Waals surface area contributed by atoms with Crippen LogP contribution >= 0.6 is 11.6 Å². The van der Waals surface area contributed by atoms with E-state index in [1.165, 1.54) is 0 Å². The first-order valence-electron chi connectivity index (χ1n) is 7.27. The third-order valence-electron chi connectivity index (χ3n) is 3.13. The Labute approximate surface area is 128 Å². The SMILES string of the molecule is CCc1nc(Cl)c(C)c(N(CCN(C)C)CC(C)C)n1. The summed E-state index contributed by atoms with van der Waals surface area (Å²) >= 11 is 6.25. The van der Waals surface area contributed by atoms with Crippen LogP contribution in [0.2, 0.25) is 5.15 Å². The van der Waals surface area contributed by atoms with Crippen LogP contribution in [-0.4, -0.2) is 48.6 Å². The predicted octanol–water partition coefficient (Wildman–Crippen LogP) is 3.02. The largest absolute Gasteiger partial charge is 0.355 e. The Bertz CT molecular complexity index is 432. The highest BCUT2D eigenvalue weighted by molar-refractivity contribution is 6.30.